The summed E-state index contributed by atoms with van der Waals surface area (Å²) in [5.41, 5.74) is 0. The van der Waals surface area contributed by atoms with Crippen LogP contribution in [0.25, 0.3) is 0 Å². The molecule has 0 aliphatic rings. The molecule has 0 spiro atoms. The van der Waals surface area contributed by atoms with Gasteiger partial charge in [0.15, 0.2) is 0 Å². The molecule has 0 saturated heterocycles. The van der Waals surface area contributed by atoms with Gasteiger partial charge in [-0.2, -0.15) is 0 Å². The lowest BCUT2D eigenvalue weighted by Gasteiger charge is -2.09. The Morgan fingerprint density at radius 3 is 2.00 bits per heavy atom. The molecule has 0 unspecified atom stereocenters. The molecule has 0 aromatic carbocycles. The maximum absolute atomic E-state index is 10.3. The van der Waals surface area contributed by atoms with Gasteiger partial charge in [0.25, 0.3) is 0 Å². The lowest BCUT2D eigenvalue weighted by Crippen LogP contribution is -2.12. The molecule has 0 aliphatic carbocycles. The van der Waals surface area contributed by atoms with Crippen LogP contribution in [0.5, 0.6) is 0 Å². The summed E-state index contributed by atoms with van der Waals surface area (Å²) in [4.78, 5) is 20.7. The van der Waals surface area contributed by atoms with E-state index in [1.807, 2.05) is 0 Å². The van der Waals surface area contributed by atoms with E-state index in [1.54, 1.807) is 6.08 Å². The second-order valence-electron chi connectivity index (χ2n) is 2.93. The maximum Gasteiger partial charge on any atom is 0.303 e. The van der Waals surface area contributed by atoms with Crippen LogP contribution in [-0.2, 0) is 9.59 Å². The van der Waals surface area contributed by atoms with Crippen molar-refractivity contribution in [2.75, 3.05) is 0 Å². The molecular formula is C9H14O4. The van der Waals surface area contributed by atoms with Gasteiger partial charge in [0, 0.05) is 12.8 Å². The molecule has 0 bridgehead atoms. The molecule has 0 aliphatic heterocycles. The molecule has 0 aromatic heterocycles. The van der Waals surface area contributed by atoms with Crippen LogP contribution in [0.4, 0.5) is 0 Å². The van der Waals surface area contributed by atoms with Gasteiger partial charge < -0.3 is 10.2 Å². The lowest BCUT2D eigenvalue weighted by molar-refractivity contribution is -0.140. The fourth-order valence-corrected chi connectivity index (χ4v) is 1.12. The largest absolute Gasteiger partial charge is 0.481 e. The summed E-state index contributed by atoms with van der Waals surface area (Å²) in [7, 11) is 0. The number of hydrogen-bond acceptors (Lipinski definition) is 2. The van der Waals surface area contributed by atoms with Crippen LogP contribution < -0.4 is 0 Å². The van der Waals surface area contributed by atoms with Gasteiger partial charge in [-0.15, -0.1) is 6.58 Å². The predicted octanol–water partition coefficient (Wildman–Crippen LogP) is 1.52. The summed E-state index contributed by atoms with van der Waals surface area (Å²) >= 11 is 0. The highest BCUT2D eigenvalue weighted by atomic mass is 16.4. The first-order chi connectivity index (χ1) is 6.06. The topological polar surface area (TPSA) is 74.6 Å². The lowest BCUT2D eigenvalue weighted by atomic mass is 9.96. The number of rotatable bonds is 7. The van der Waals surface area contributed by atoms with Crippen LogP contribution in [0.2, 0.25) is 0 Å². The Labute approximate surface area is 76.9 Å². The first-order valence-electron chi connectivity index (χ1n) is 4.10. The van der Waals surface area contributed by atoms with Crippen molar-refractivity contribution in [3.05, 3.63) is 12.7 Å². The Bertz CT molecular complexity index is 182. The molecule has 2 N–H and O–H groups in total. The van der Waals surface area contributed by atoms with Gasteiger partial charge in [0.1, 0.15) is 0 Å². The van der Waals surface area contributed by atoms with E-state index in [9.17, 15) is 9.59 Å². The highest BCUT2D eigenvalue weighted by molar-refractivity contribution is 5.70. The number of carbonyl (C=O) groups is 2. The van der Waals surface area contributed by atoms with Crippen LogP contribution in [0, 0.1) is 5.92 Å². The molecule has 13 heavy (non-hydrogen) atoms. The standard InChI is InChI=1S/C9H14O4/c1-2-3-4-7(5-8(10)11)6-9(12)13/h2,7H,1,3-6H2,(H,10,11)(H,12,13). The van der Waals surface area contributed by atoms with Crippen LogP contribution in [0.3, 0.4) is 0 Å². The number of hydrogen-bond donors (Lipinski definition) is 2. The minimum absolute atomic E-state index is 0.0832. The second kappa shape index (κ2) is 6.22. The van der Waals surface area contributed by atoms with Gasteiger partial charge in [-0.3, -0.25) is 9.59 Å². The average Bonchev–Trinajstić information content (AvgIpc) is 1.98. The average molecular weight is 186 g/mol. The normalized spacial score (nSPS) is 9.92. The Hall–Kier alpha value is -1.32. The fourth-order valence-electron chi connectivity index (χ4n) is 1.12. The Balaban J connectivity index is 3.93. The van der Waals surface area contributed by atoms with E-state index >= 15 is 0 Å². The zero-order chi connectivity index (χ0) is 10.3. The number of carboxylic acids is 2. The third kappa shape index (κ3) is 7.05. The SMILES string of the molecule is C=CCCC(CC(=O)O)CC(=O)O. The summed E-state index contributed by atoms with van der Waals surface area (Å²) in [6.45, 7) is 3.50. The summed E-state index contributed by atoms with van der Waals surface area (Å²) < 4.78 is 0. The molecule has 4 nitrogen and oxygen atoms in total. The number of allylic oxidation sites excluding steroid dienone is 1. The third-order valence-corrected chi connectivity index (χ3v) is 1.71. The fraction of sp³-hybridized carbons (Fsp3) is 0.556. The molecule has 0 rings (SSSR count). The molecule has 0 fully saturated rings. The minimum Gasteiger partial charge on any atom is -0.481 e. The van der Waals surface area contributed by atoms with E-state index in [-0.39, 0.29) is 18.8 Å². The minimum atomic E-state index is -0.949. The Morgan fingerprint density at radius 2 is 1.69 bits per heavy atom. The molecule has 0 saturated carbocycles. The first kappa shape index (κ1) is 11.7. The van der Waals surface area contributed by atoms with Gasteiger partial charge >= 0.3 is 11.9 Å². The molecule has 0 heterocycles. The summed E-state index contributed by atoms with van der Waals surface area (Å²) in [6.07, 6.45) is 2.73. The van der Waals surface area contributed by atoms with Gasteiger partial charge in [0.2, 0.25) is 0 Å². The zero-order valence-corrected chi connectivity index (χ0v) is 7.40. The maximum atomic E-state index is 10.3. The van der Waals surface area contributed by atoms with Gasteiger partial charge in [-0.1, -0.05) is 6.08 Å². The van der Waals surface area contributed by atoms with Gasteiger partial charge in [0.05, 0.1) is 0 Å². The second-order valence-corrected chi connectivity index (χ2v) is 2.93. The first-order valence-corrected chi connectivity index (χ1v) is 4.10. The highest BCUT2D eigenvalue weighted by Crippen LogP contribution is 2.15. The smallest absolute Gasteiger partial charge is 0.303 e. The van der Waals surface area contributed by atoms with Crippen LogP contribution in [-0.4, -0.2) is 22.2 Å². The molecular weight excluding hydrogens is 172 g/mol. The van der Waals surface area contributed by atoms with Crippen molar-refractivity contribution in [3.63, 3.8) is 0 Å². The van der Waals surface area contributed by atoms with Crippen LogP contribution >= 0.6 is 0 Å². The van der Waals surface area contributed by atoms with E-state index in [2.05, 4.69) is 6.58 Å². The molecule has 0 amide bonds. The summed E-state index contributed by atoms with van der Waals surface area (Å²) in [5.74, 6) is -2.18. The van der Waals surface area contributed by atoms with Crippen molar-refractivity contribution in [2.24, 2.45) is 5.92 Å². The molecule has 0 aromatic rings. The van der Waals surface area contributed by atoms with E-state index in [0.29, 0.717) is 12.8 Å². The van der Waals surface area contributed by atoms with Gasteiger partial charge in [-0.05, 0) is 18.8 Å². The molecule has 74 valence electrons. The van der Waals surface area contributed by atoms with Crippen molar-refractivity contribution in [1.29, 1.82) is 0 Å². The Kier molecular flexibility index (Phi) is 5.59. The van der Waals surface area contributed by atoms with Crippen molar-refractivity contribution >= 4 is 11.9 Å². The van der Waals surface area contributed by atoms with Crippen molar-refractivity contribution in [1.82, 2.24) is 0 Å². The van der Waals surface area contributed by atoms with E-state index in [4.69, 9.17) is 10.2 Å². The van der Waals surface area contributed by atoms with Crippen LogP contribution in [0.15, 0.2) is 12.7 Å². The van der Waals surface area contributed by atoms with E-state index in [1.165, 1.54) is 0 Å². The van der Waals surface area contributed by atoms with E-state index in [0.717, 1.165) is 0 Å². The predicted molar refractivity (Wildman–Crippen MR) is 47.4 cm³/mol. The highest BCUT2D eigenvalue weighted by Gasteiger charge is 2.15. The summed E-state index contributed by atoms with van der Waals surface area (Å²) in [6, 6.07) is 0. The monoisotopic (exact) mass is 186 g/mol. The third-order valence-electron chi connectivity index (χ3n) is 1.71. The van der Waals surface area contributed by atoms with Crippen molar-refractivity contribution < 1.29 is 19.8 Å². The van der Waals surface area contributed by atoms with Crippen LogP contribution in [0.1, 0.15) is 25.7 Å². The van der Waals surface area contributed by atoms with Crippen molar-refractivity contribution in [3.8, 4) is 0 Å². The Morgan fingerprint density at radius 1 is 1.23 bits per heavy atom. The molecule has 4 heteroatoms. The van der Waals surface area contributed by atoms with Crippen molar-refractivity contribution in [2.45, 2.75) is 25.7 Å². The zero-order valence-electron chi connectivity index (χ0n) is 7.40. The molecule has 0 radical (unpaired) electrons. The summed E-state index contributed by atoms with van der Waals surface area (Å²) in [5, 5.41) is 17.0. The number of aliphatic carboxylic acids is 2. The quantitative estimate of drug-likeness (QED) is 0.591. The number of carboxylic acid groups (broad SMARTS) is 2. The van der Waals surface area contributed by atoms with E-state index < -0.39 is 11.9 Å². The molecule has 0 atom stereocenters. The van der Waals surface area contributed by atoms with Gasteiger partial charge in [-0.25, -0.2) is 0 Å².